The van der Waals surface area contributed by atoms with E-state index in [4.69, 9.17) is 0 Å². The lowest BCUT2D eigenvalue weighted by atomic mass is 10.1. The molecule has 0 bridgehead atoms. The Morgan fingerprint density at radius 1 is 1.18 bits per heavy atom. The van der Waals surface area contributed by atoms with Crippen LogP contribution in [0.1, 0.15) is 37.2 Å². The molecule has 2 atom stereocenters. The smallest absolute Gasteiger partial charge is 0.0795 e. The minimum absolute atomic E-state index is 0.278. The maximum atomic E-state index is 4.33. The van der Waals surface area contributed by atoms with E-state index in [1.807, 2.05) is 5.51 Å². The molecule has 2 unspecified atom stereocenters. The summed E-state index contributed by atoms with van der Waals surface area (Å²) in [5.74, 6) is 0. The van der Waals surface area contributed by atoms with Crippen molar-refractivity contribution in [3.05, 3.63) is 50.9 Å². The Labute approximate surface area is 114 Å². The van der Waals surface area contributed by atoms with Gasteiger partial charge in [0.15, 0.2) is 0 Å². The second kappa shape index (κ2) is 5.76. The van der Waals surface area contributed by atoms with E-state index in [0.717, 1.165) is 10.2 Å². The number of nitrogens with zero attached hydrogens (tertiary/aromatic N) is 1. The van der Waals surface area contributed by atoms with Gasteiger partial charge in [-0.25, -0.2) is 4.98 Å². The molecule has 0 spiro atoms. The number of thiazole rings is 1. The Hall–Kier alpha value is -0.710. The zero-order valence-electron chi connectivity index (χ0n) is 9.85. The van der Waals surface area contributed by atoms with Gasteiger partial charge >= 0.3 is 0 Å². The standard InChI is InChI=1S/C13H15BrN2S/c1-9(11-3-5-12(14)6-4-11)16-10(2)13-7-17-8-15-13/h3-10,16H,1-2H3. The normalized spacial score (nSPS) is 14.5. The summed E-state index contributed by atoms with van der Waals surface area (Å²) >= 11 is 5.08. The molecule has 0 saturated carbocycles. The van der Waals surface area contributed by atoms with Gasteiger partial charge < -0.3 is 5.32 Å². The molecule has 90 valence electrons. The number of hydrogen-bond acceptors (Lipinski definition) is 3. The fourth-order valence-corrected chi connectivity index (χ4v) is 2.66. The van der Waals surface area contributed by atoms with Crippen LogP contribution in [0.5, 0.6) is 0 Å². The van der Waals surface area contributed by atoms with E-state index in [1.54, 1.807) is 11.3 Å². The highest BCUT2D eigenvalue weighted by Gasteiger charge is 2.12. The first-order valence-electron chi connectivity index (χ1n) is 5.56. The van der Waals surface area contributed by atoms with Crippen molar-refractivity contribution in [2.45, 2.75) is 25.9 Å². The topological polar surface area (TPSA) is 24.9 Å². The zero-order valence-corrected chi connectivity index (χ0v) is 12.3. The maximum absolute atomic E-state index is 4.33. The Morgan fingerprint density at radius 2 is 1.88 bits per heavy atom. The van der Waals surface area contributed by atoms with Crippen molar-refractivity contribution in [1.82, 2.24) is 10.3 Å². The summed E-state index contributed by atoms with van der Waals surface area (Å²) in [7, 11) is 0. The Balaban J connectivity index is 2.01. The van der Waals surface area contributed by atoms with Crippen LogP contribution in [0, 0.1) is 0 Å². The van der Waals surface area contributed by atoms with Crippen molar-refractivity contribution in [2.24, 2.45) is 0 Å². The summed E-state index contributed by atoms with van der Waals surface area (Å²) < 4.78 is 1.11. The average Bonchev–Trinajstić information content (AvgIpc) is 2.83. The van der Waals surface area contributed by atoms with Gasteiger partial charge in [0.25, 0.3) is 0 Å². The van der Waals surface area contributed by atoms with Crippen LogP contribution in [0.15, 0.2) is 39.6 Å². The molecule has 2 nitrogen and oxygen atoms in total. The first-order valence-corrected chi connectivity index (χ1v) is 7.30. The van der Waals surface area contributed by atoms with E-state index in [2.05, 4.69) is 69.7 Å². The number of nitrogens with one attached hydrogen (secondary N) is 1. The van der Waals surface area contributed by atoms with Crippen molar-refractivity contribution in [2.75, 3.05) is 0 Å². The van der Waals surface area contributed by atoms with Crippen molar-refractivity contribution < 1.29 is 0 Å². The molecule has 2 aromatic rings. The number of aromatic nitrogens is 1. The summed E-state index contributed by atoms with van der Waals surface area (Å²) in [6.45, 7) is 4.32. The third-order valence-corrected chi connectivity index (χ3v) is 3.90. The van der Waals surface area contributed by atoms with Gasteiger partial charge in [-0.1, -0.05) is 28.1 Å². The van der Waals surface area contributed by atoms with Crippen molar-refractivity contribution >= 4 is 27.3 Å². The first-order chi connectivity index (χ1) is 8.16. The minimum atomic E-state index is 0.278. The summed E-state index contributed by atoms with van der Waals surface area (Å²) in [6.07, 6.45) is 0. The van der Waals surface area contributed by atoms with Gasteiger partial charge in [0.05, 0.1) is 11.2 Å². The molecule has 2 rings (SSSR count). The lowest BCUT2D eigenvalue weighted by Gasteiger charge is -2.19. The van der Waals surface area contributed by atoms with Gasteiger partial charge in [-0.2, -0.15) is 0 Å². The van der Waals surface area contributed by atoms with Crippen LogP contribution in [0.25, 0.3) is 0 Å². The van der Waals surface area contributed by atoms with E-state index in [-0.39, 0.29) is 6.04 Å². The van der Waals surface area contributed by atoms with Gasteiger partial charge in [-0.15, -0.1) is 11.3 Å². The molecular weight excluding hydrogens is 296 g/mol. The molecule has 17 heavy (non-hydrogen) atoms. The maximum Gasteiger partial charge on any atom is 0.0795 e. The fourth-order valence-electron chi connectivity index (χ4n) is 1.74. The van der Waals surface area contributed by atoms with E-state index in [0.29, 0.717) is 6.04 Å². The molecule has 0 aliphatic carbocycles. The van der Waals surface area contributed by atoms with E-state index in [9.17, 15) is 0 Å². The van der Waals surface area contributed by atoms with Crippen LogP contribution in [-0.4, -0.2) is 4.98 Å². The van der Waals surface area contributed by atoms with Crippen LogP contribution in [0.3, 0.4) is 0 Å². The summed E-state index contributed by atoms with van der Waals surface area (Å²) in [4.78, 5) is 4.33. The number of hydrogen-bond donors (Lipinski definition) is 1. The number of halogens is 1. The largest absolute Gasteiger partial charge is 0.302 e. The van der Waals surface area contributed by atoms with Crippen molar-refractivity contribution in [3.8, 4) is 0 Å². The third kappa shape index (κ3) is 3.37. The number of benzene rings is 1. The molecular formula is C13H15BrN2S. The zero-order chi connectivity index (χ0) is 12.3. The van der Waals surface area contributed by atoms with Crippen LogP contribution >= 0.6 is 27.3 Å². The van der Waals surface area contributed by atoms with Gasteiger partial charge in [-0.3, -0.25) is 0 Å². The molecule has 0 radical (unpaired) electrons. The molecule has 1 aromatic carbocycles. The van der Waals surface area contributed by atoms with E-state index >= 15 is 0 Å². The molecule has 0 fully saturated rings. The second-order valence-electron chi connectivity index (χ2n) is 4.07. The average molecular weight is 311 g/mol. The SMILES string of the molecule is CC(NC(C)c1cscn1)c1ccc(Br)cc1. The predicted molar refractivity (Wildman–Crippen MR) is 76.2 cm³/mol. The lowest BCUT2D eigenvalue weighted by Crippen LogP contribution is -2.22. The highest BCUT2D eigenvalue weighted by atomic mass is 79.9. The van der Waals surface area contributed by atoms with Gasteiger partial charge in [0.2, 0.25) is 0 Å². The Morgan fingerprint density at radius 3 is 2.47 bits per heavy atom. The second-order valence-corrected chi connectivity index (χ2v) is 5.71. The van der Waals surface area contributed by atoms with E-state index < -0.39 is 0 Å². The third-order valence-electron chi connectivity index (χ3n) is 2.77. The van der Waals surface area contributed by atoms with Crippen molar-refractivity contribution in [3.63, 3.8) is 0 Å². The lowest BCUT2D eigenvalue weighted by molar-refractivity contribution is 0.488. The fraction of sp³-hybridized carbons (Fsp3) is 0.308. The molecule has 1 N–H and O–H groups in total. The molecule has 1 aromatic heterocycles. The molecule has 1 heterocycles. The Kier molecular flexibility index (Phi) is 4.31. The highest BCUT2D eigenvalue weighted by molar-refractivity contribution is 9.10. The van der Waals surface area contributed by atoms with Gasteiger partial charge in [-0.05, 0) is 31.5 Å². The van der Waals surface area contributed by atoms with Crippen LogP contribution < -0.4 is 5.32 Å². The quantitative estimate of drug-likeness (QED) is 0.909. The summed E-state index contributed by atoms with van der Waals surface area (Å²) in [5.41, 5.74) is 4.27. The van der Waals surface area contributed by atoms with Gasteiger partial charge in [0, 0.05) is 21.9 Å². The Bertz CT molecular complexity index is 453. The minimum Gasteiger partial charge on any atom is -0.302 e. The predicted octanol–water partition coefficient (Wildman–Crippen LogP) is 4.32. The molecule has 0 aliphatic heterocycles. The van der Waals surface area contributed by atoms with E-state index in [1.165, 1.54) is 5.56 Å². The van der Waals surface area contributed by atoms with Gasteiger partial charge in [0.1, 0.15) is 0 Å². The molecule has 0 aliphatic rings. The van der Waals surface area contributed by atoms with Crippen LogP contribution in [0.2, 0.25) is 0 Å². The van der Waals surface area contributed by atoms with Crippen LogP contribution in [-0.2, 0) is 0 Å². The molecule has 0 saturated heterocycles. The van der Waals surface area contributed by atoms with Crippen LogP contribution in [0.4, 0.5) is 0 Å². The highest BCUT2D eigenvalue weighted by Crippen LogP contribution is 2.20. The summed E-state index contributed by atoms with van der Waals surface area (Å²) in [6, 6.07) is 9.01. The number of rotatable bonds is 4. The molecule has 0 amide bonds. The first kappa shape index (κ1) is 12.7. The summed E-state index contributed by atoms with van der Waals surface area (Å²) in [5, 5.41) is 5.64. The van der Waals surface area contributed by atoms with Crippen molar-refractivity contribution in [1.29, 1.82) is 0 Å². The monoisotopic (exact) mass is 310 g/mol. The molecule has 4 heteroatoms.